The second-order valence-corrected chi connectivity index (χ2v) is 6.18. The second-order valence-electron chi connectivity index (χ2n) is 4.87. The Balaban J connectivity index is 3.44. The van der Waals surface area contributed by atoms with Gasteiger partial charge in [0, 0.05) is 7.11 Å². The molecule has 1 aliphatic heterocycles. The van der Waals surface area contributed by atoms with Gasteiger partial charge in [-0.05, 0) is 31.6 Å². The lowest BCUT2D eigenvalue weighted by molar-refractivity contribution is -0.328. The maximum Gasteiger partial charge on any atom is 0.437 e. The van der Waals surface area contributed by atoms with Crippen LogP contribution in [0.3, 0.4) is 0 Å². The number of halogens is 8. The van der Waals surface area contributed by atoms with Crippen molar-refractivity contribution < 1.29 is 35.5 Å². The maximum absolute atomic E-state index is 14.1. The van der Waals surface area contributed by atoms with E-state index in [-0.39, 0.29) is 5.57 Å². The molecule has 10 heteroatoms. The van der Waals surface area contributed by atoms with Crippen LogP contribution in [0.4, 0.5) is 30.7 Å². The number of ether oxygens (including phenoxy) is 1. The van der Waals surface area contributed by atoms with E-state index in [1.807, 2.05) is 5.32 Å². The van der Waals surface area contributed by atoms with Gasteiger partial charge in [-0.1, -0.05) is 15.9 Å². The monoisotopic (exact) mass is 399 g/mol. The van der Waals surface area contributed by atoms with Gasteiger partial charge < -0.3 is 10.1 Å². The largest absolute Gasteiger partial charge is 0.437 e. The Kier molecular flexibility index (Phi) is 4.99. The molecule has 0 aromatic rings. The van der Waals surface area contributed by atoms with E-state index in [2.05, 4.69) is 15.9 Å². The van der Waals surface area contributed by atoms with E-state index in [1.54, 1.807) is 0 Å². The average Bonchev–Trinajstić information content (AvgIpc) is 2.32. The molecule has 0 fully saturated rings. The Bertz CT molecular complexity index is 483. The van der Waals surface area contributed by atoms with Crippen molar-refractivity contribution in [3.63, 3.8) is 0 Å². The Hall–Kier alpha value is -0.770. The van der Waals surface area contributed by atoms with E-state index < -0.39 is 34.3 Å². The average molecular weight is 400 g/mol. The lowest BCUT2D eigenvalue weighted by Crippen LogP contribution is -2.61. The summed E-state index contributed by atoms with van der Waals surface area (Å²) >= 11 is 2.97. The van der Waals surface area contributed by atoms with Crippen LogP contribution >= 0.6 is 15.9 Å². The van der Waals surface area contributed by atoms with E-state index in [9.17, 15) is 30.7 Å². The summed E-state index contributed by atoms with van der Waals surface area (Å²) in [5.74, 6) is 0. The van der Waals surface area contributed by atoms with Gasteiger partial charge in [0.2, 0.25) is 0 Å². The van der Waals surface area contributed by atoms with Crippen molar-refractivity contribution >= 4 is 15.9 Å². The molecule has 0 bridgehead atoms. The predicted octanol–water partition coefficient (Wildman–Crippen LogP) is 4.38. The van der Waals surface area contributed by atoms with Crippen molar-refractivity contribution in [2.45, 2.75) is 42.4 Å². The van der Waals surface area contributed by atoms with Crippen LogP contribution in [0.5, 0.6) is 0 Å². The Morgan fingerprint density at radius 2 is 1.59 bits per heavy atom. The van der Waals surface area contributed by atoms with Gasteiger partial charge in [0.15, 0.2) is 0 Å². The lowest BCUT2D eigenvalue weighted by Gasteiger charge is -2.41. The highest BCUT2D eigenvalue weighted by Crippen LogP contribution is 2.51. The van der Waals surface area contributed by atoms with Gasteiger partial charge in [0.1, 0.15) is 4.45 Å². The Morgan fingerprint density at radius 1 is 1.14 bits per heavy atom. The third-order valence-corrected chi connectivity index (χ3v) is 4.31. The first-order valence-electron chi connectivity index (χ1n) is 5.93. The molecule has 0 saturated heterocycles. The third kappa shape index (κ3) is 3.12. The SMILES string of the molecule is COC(C)C1(Br)C=C(C)C=C(C(F)(C(F)(F)F)C(F)(F)F)N1. The summed E-state index contributed by atoms with van der Waals surface area (Å²) in [5.41, 5.74) is -7.14. The van der Waals surface area contributed by atoms with Crippen LogP contribution in [-0.2, 0) is 4.74 Å². The molecule has 2 nitrogen and oxygen atoms in total. The van der Waals surface area contributed by atoms with Gasteiger partial charge in [-0.2, -0.15) is 26.3 Å². The van der Waals surface area contributed by atoms with E-state index >= 15 is 0 Å². The molecule has 0 aliphatic carbocycles. The number of methoxy groups -OCH3 is 1. The second kappa shape index (κ2) is 5.70. The van der Waals surface area contributed by atoms with Crippen molar-refractivity contribution in [1.29, 1.82) is 0 Å². The maximum atomic E-state index is 14.1. The summed E-state index contributed by atoms with van der Waals surface area (Å²) < 4.78 is 94.2. The molecular weight excluding hydrogens is 387 g/mol. The first kappa shape index (κ1) is 19.3. The first-order chi connectivity index (χ1) is 9.69. The zero-order valence-corrected chi connectivity index (χ0v) is 13.3. The summed E-state index contributed by atoms with van der Waals surface area (Å²) in [6.45, 7) is 2.65. The molecule has 0 radical (unpaired) electrons. The van der Waals surface area contributed by atoms with E-state index in [1.165, 1.54) is 27.0 Å². The summed E-state index contributed by atoms with van der Waals surface area (Å²) in [4.78, 5) is 0. The van der Waals surface area contributed by atoms with Crippen LogP contribution in [0.25, 0.3) is 0 Å². The fourth-order valence-electron chi connectivity index (χ4n) is 1.92. The molecule has 1 heterocycles. The number of alkyl halides is 8. The van der Waals surface area contributed by atoms with Crippen molar-refractivity contribution in [3.8, 4) is 0 Å². The molecule has 2 unspecified atom stereocenters. The number of hydrogen-bond acceptors (Lipinski definition) is 2. The Labute approximate surface area is 130 Å². The molecule has 128 valence electrons. The van der Waals surface area contributed by atoms with Crippen LogP contribution in [-0.4, -0.2) is 35.7 Å². The van der Waals surface area contributed by atoms with Crippen molar-refractivity contribution in [1.82, 2.24) is 5.32 Å². The van der Waals surface area contributed by atoms with Gasteiger partial charge in [-0.15, -0.1) is 0 Å². The van der Waals surface area contributed by atoms with Gasteiger partial charge in [0.25, 0.3) is 0 Å². The van der Waals surface area contributed by atoms with Crippen LogP contribution in [0.1, 0.15) is 13.8 Å². The minimum absolute atomic E-state index is 0.0186. The van der Waals surface area contributed by atoms with E-state index in [4.69, 9.17) is 4.74 Å². The molecule has 22 heavy (non-hydrogen) atoms. The molecule has 0 aromatic heterocycles. The number of hydrogen-bond donors (Lipinski definition) is 1. The van der Waals surface area contributed by atoms with Crippen molar-refractivity contribution in [3.05, 3.63) is 23.4 Å². The molecule has 1 aliphatic rings. The molecule has 0 saturated carbocycles. The Morgan fingerprint density at radius 3 is 1.95 bits per heavy atom. The quantitative estimate of drug-likeness (QED) is 0.432. The van der Waals surface area contributed by atoms with Gasteiger partial charge in [-0.3, -0.25) is 0 Å². The number of rotatable bonds is 3. The first-order valence-corrected chi connectivity index (χ1v) is 6.72. The van der Waals surface area contributed by atoms with Gasteiger partial charge in [-0.25, -0.2) is 4.39 Å². The van der Waals surface area contributed by atoms with Gasteiger partial charge in [0.05, 0.1) is 11.8 Å². The standard InChI is InChI=1S/C12H13BrF7NO/c1-6-4-8(21-9(13,5-6)7(2)22-3)10(14,11(15,16)17)12(18,19)20/h4-5,7,21H,1-3H3. The molecule has 0 spiro atoms. The summed E-state index contributed by atoms with van der Waals surface area (Å²) in [7, 11) is 1.22. The summed E-state index contributed by atoms with van der Waals surface area (Å²) in [6, 6.07) is 0. The van der Waals surface area contributed by atoms with Crippen molar-refractivity contribution in [2.75, 3.05) is 7.11 Å². The number of dihydropyridines is 1. The van der Waals surface area contributed by atoms with Crippen molar-refractivity contribution in [2.24, 2.45) is 0 Å². The molecule has 0 aromatic carbocycles. The van der Waals surface area contributed by atoms with Crippen LogP contribution < -0.4 is 5.32 Å². The molecular formula is C12H13BrF7NO. The molecule has 2 atom stereocenters. The third-order valence-electron chi connectivity index (χ3n) is 3.23. The van der Waals surface area contributed by atoms with E-state index in [0.717, 1.165) is 0 Å². The zero-order valence-electron chi connectivity index (χ0n) is 11.7. The highest BCUT2D eigenvalue weighted by Gasteiger charge is 2.75. The van der Waals surface area contributed by atoms with Crippen LogP contribution in [0.2, 0.25) is 0 Å². The van der Waals surface area contributed by atoms with Crippen LogP contribution in [0.15, 0.2) is 23.4 Å². The fourth-order valence-corrected chi connectivity index (χ4v) is 2.68. The molecule has 0 amide bonds. The van der Waals surface area contributed by atoms with Gasteiger partial charge >= 0.3 is 18.0 Å². The molecule has 1 rings (SSSR count). The zero-order chi connectivity index (χ0) is 17.6. The number of allylic oxidation sites excluding steroid dienone is 3. The highest BCUT2D eigenvalue weighted by atomic mass is 79.9. The predicted molar refractivity (Wildman–Crippen MR) is 69.1 cm³/mol. The summed E-state index contributed by atoms with van der Waals surface area (Å²) in [5, 5.41) is 1.93. The minimum atomic E-state index is -6.17. The number of nitrogens with one attached hydrogen (secondary N) is 1. The normalized spacial score (nSPS) is 25.2. The van der Waals surface area contributed by atoms with E-state index in [0.29, 0.717) is 6.08 Å². The highest BCUT2D eigenvalue weighted by molar-refractivity contribution is 9.10. The minimum Gasteiger partial charge on any atom is -0.378 e. The smallest absolute Gasteiger partial charge is 0.378 e. The summed E-state index contributed by atoms with van der Waals surface area (Å²) in [6.07, 6.45) is -11.4. The van der Waals surface area contributed by atoms with Crippen LogP contribution in [0, 0.1) is 0 Å². The topological polar surface area (TPSA) is 21.3 Å². The lowest BCUT2D eigenvalue weighted by atomic mass is 9.93. The molecule has 1 N–H and O–H groups in total. The fraction of sp³-hybridized carbons (Fsp3) is 0.667.